The lowest BCUT2D eigenvalue weighted by Gasteiger charge is -2.14. The fourth-order valence-electron chi connectivity index (χ4n) is 1.99. The number of hydrogen-bond donors (Lipinski definition) is 2. The Balaban J connectivity index is 1.88. The lowest BCUT2D eigenvalue weighted by atomic mass is 10.1. The fourth-order valence-corrected chi connectivity index (χ4v) is 2.44. The Bertz CT molecular complexity index is 416. The highest BCUT2D eigenvalue weighted by Crippen LogP contribution is 2.45. The fraction of sp³-hybridized carbons (Fsp3) is 0.462. The highest BCUT2D eigenvalue weighted by molar-refractivity contribution is 9.10. The molecule has 3 nitrogen and oxygen atoms in total. The predicted molar refractivity (Wildman–Crippen MR) is 71.6 cm³/mol. The van der Waals surface area contributed by atoms with Crippen molar-refractivity contribution in [2.75, 3.05) is 13.6 Å². The van der Waals surface area contributed by atoms with Gasteiger partial charge in [-0.25, -0.2) is 0 Å². The zero-order valence-electron chi connectivity index (χ0n) is 9.92. The second-order valence-corrected chi connectivity index (χ2v) is 5.54. The molecule has 2 N–H and O–H groups in total. The molecule has 0 aliphatic heterocycles. The summed E-state index contributed by atoms with van der Waals surface area (Å²) in [6.45, 7) is 1.38. The Morgan fingerprint density at radius 3 is 2.82 bits per heavy atom. The van der Waals surface area contributed by atoms with E-state index in [0.29, 0.717) is 6.54 Å². The van der Waals surface area contributed by atoms with Gasteiger partial charge < -0.3 is 10.6 Å². The number of carbonyl (C=O) groups excluding carboxylic acids is 1. The number of hydrogen-bond acceptors (Lipinski definition) is 2. The summed E-state index contributed by atoms with van der Waals surface area (Å²) in [5.74, 6) is 0.173. The second kappa shape index (κ2) is 5.19. The molecular weight excluding hydrogens is 280 g/mol. The molecule has 0 bridgehead atoms. The van der Waals surface area contributed by atoms with Gasteiger partial charge in [-0.3, -0.25) is 4.79 Å². The van der Waals surface area contributed by atoms with Gasteiger partial charge in [0.25, 0.3) is 0 Å². The van der Waals surface area contributed by atoms with Gasteiger partial charge in [0.1, 0.15) is 0 Å². The Labute approximate surface area is 110 Å². The van der Waals surface area contributed by atoms with Crippen molar-refractivity contribution in [1.82, 2.24) is 10.6 Å². The van der Waals surface area contributed by atoms with Crippen LogP contribution in [0.3, 0.4) is 0 Å². The van der Waals surface area contributed by atoms with Crippen LogP contribution in [0.1, 0.15) is 18.4 Å². The second-order valence-electron chi connectivity index (χ2n) is 4.62. The molecule has 1 aliphatic carbocycles. The average molecular weight is 297 g/mol. The van der Waals surface area contributed by atoms with E-state index in [4.69, 9.17) is 0 Å². The quantitative estimate of drug-likeness (QED) is 0.873. The predicted octanol–water partition coefficient (Wildman–Crippen LogP) is 2.06. The molecular formula is C13H17BrN2O. The van der Waals surface area contributed by atoms with E-state index >= 15 is 0 Å². The Morgan fingerprint density at radius 1 is 1.47 bits per heavy atom. The molecule has 0 aromatic heterocycles. The smallest absolute Gasteiger partial charge is 0.227 e. The standard InChI is InChI=1S/C13H17BrN2O/c1-15-9-13(5-6-13)12(17)16-8-10-3-2-4-11(14)7-10/h2-4,7,15H,5-6,8-9H2,1H3,(H,16,17). The van der Waals surface area contributed by atoms with Crippen LogP contribution in [0, 0.1) is 5.41 Å². The number of rotatable bonds is 5. The molecule has 1 saturated carbocycles. The summed E-state index contributed by atoms with van der Waals surface area (Å²) in [6, 6.07) is 8.00. The summed E-state index contributed by atoms with van der Waals surface area (Å²) in [7, 11) is 1.89. The molecule has 0 unspecified atom stereocenters. The maximum absolute atomic E-state index is 12.0. The molecule has 4 heteroatoms. The van der Waals surface area contributed by atoms with Crippen molar-refractivity contribution in [3.63, 3.8) is 0 Å². The van der Waals surface area contributed by atoms with E-state index in [0.717, 1.165) is 29.4 Å². The van der Waals surface area contributed by atoms with Gasteiger partial charge in [0.15, 0.2) is 0 Å². The van der Waals surface area contributed by atoms with Gasteiger partial charge in [-0.05, 0) is 37.6 Å². The van der Waals surface area contributed by atoms with Crippen LogP contribution in [0.5, 0.6) is 0 Å². The van der Waals surface area contributed by atoms with Crippen LogP contribution < -0.4 is 10.6 Å². The van der Waals surface area contributed by atoms with E-state index in [1.807, 2.05) is 31.3 Å². The molecule has 1 aromatic rings. The third kappa shape index (κ3) is 3.07. The summed E-state index contributed by atoms with van der Waals surface area (Å²) in [4.78, 5) is 12.0. The van der Waals surface area contributed by atoms with E-state index in [-0.39, 0.29) is 11.3 Å². The van der Waals surface area contributed by atoms with E-state index in [1.54, 1.807) is 0 Å². The van der Waals surface area contributed by atoms with E-state index in [1.165, 1.54) is 0 Å². The number of amides is 1. The Morgan fingerprint density at radius 2 is 2.24 bits per heavy atom. The minimum absolute atomic E-state index is 0.138. The Hall–Kier alpha value is -0.870. The van der Waals surface area contributed by atoms with Crippen LogP contribution in [0.25, 0.3) is 0 Å². The minimum Gasteiger partial charge on any atom is -0.352 e. The molecule has 2 rings (SSSR count). The van der Waals surface area contributed by atoms with Crippen LogP contribution in [0.4, 0.5) is 0 Å². The van der Waals surface area contributed by atoms with Crippen LogP contribution >= 0.6 is 15.9 Å². The maximum Gasteiger partial charge on any atom is 0.227 e. The molecule has 1 aliphatic rings. The summed E-state index contributed by atoms with van der Waals surface area (Å²) < 4.78 is 1.04. The number of benzene rings is 1. The molecule has 1 aromatic carbocycles. The number of halogens is 1. The van der Waals surface area contributed by atoms with Crippen molar-refractivity contribution in [3.8, 4) is 0 Å². The summed E-state index contributed by atoms with van der Waals surface area (Å²) >= 11 is 3.42. The normalized spacial score (nSPS) is 16.6. The first kappa shape index (κ1) is 12.6. The SMILES string of the molecule is CNCC1(C(=O)NCc2cccc(Br)c2)CC1. The summed E-state index contributed by atoms with van der Waals surface area (Å²) in [5.41, 5.74) is 0.980. The maximum atomic E-state index is 12.0. The van der Waals surface area contributed by atoms with Gasteiger partial charge in [-0.2, -0.15) is 0 Å². The molecule has 0 spiro atoms. The molecule has 0 radical (unpaired) electrons. The Kier molecular flexibility index (Phi) is 3.84. The van der Waals surface area contributed by atoms with Crippen molar-refractivity contribution in [1.29, 1.82) is 0 Å². The molecule has 0 atom stereocenters. The van der Waals surface area contributed by atoms with Crippen molar-refractivity contribution in [2.45, 2.75) is 19.4 Å². The first-order valence-electron chi connectivity index (χ1n) is 5.84. The van der Waals surface area contributed by atoms with Crippen molar-refractivity contribution in [2.24, 2.45) is 5.41 Å². The topological polar surface area (TPSA) is 41.1 Å². The largest absolute Gasteiger partial charge is 0.352 e. The van der Waals surface area contributed by atoms with Crippen LogP contribution in [-0.4, -0.2) is 19.5 Å². The van der Waals surface area contributed by atoms with Crippen LogP contribution in [-0.2, 0) is 11.3 Å². The lowest BCUT2D eigenvalue weighted by molar-refractivity contribution is -0.126. The molecule has 92 valence electrons. The summed E-state index contributed by atoms with van der Waals surface area (Å²) in [6.07, 6.45) is 2.00. The first-order valence-corrected chi connectivity index (χ1v) is 6.63. The zero-order valence-corrected chi connectivity index (χ0v) is 11.5. The molecule has 0 heterocycles. The lowest BCUT2D eigenvalue weighted by Crippen LogP contribution is -2.37. The van der Waals surface area contributed by atoms with Crippen molar-refractivity contribution in [3.05, 3.63) is 34.3 Å². The molecule has 17 heavy (non-hydrogen) atoms. The van der Waals surface area contributed by atoms with Crippen LogP contribution in [0.2, 0.25) is 0 Å². The molecule has 0 saturated heterocycles. The number of nitrogens with one attached hydrogen (secondary N) is 2. The van der Waals surface area contributed by atoms with E-state index in [2.05, 4.69) is 26.6 Å². The third-order valence-corrected chi connectivity index (χ3v) is 3.69. The monoisotopic (exact) mass is 296 g/mol. The van der Waals surface area contributed by atoms with E-state index < -0.39 is 0 Å². The van der Waals surface area contributed by atoms with Crippen molar-refractivity contribution < 1.29 is 4.79 Å². The number of carbonyl (C=O) groups is 1. The van der Waals surface area contributed by atoms with Gasteiger partial charge in [-0.1, -0.05) is 28.1 Å². The van der Waals surface area contributed by atoms with Crippen molar-refractivity contribution >= 4 is 21.8 Å². The van der Waals surface area contributed by atoms with Gasteiger partial charge in [0.2, 0.25) is 5.91 Å². The van der Waals surface area contributed by atoms with Gasteiger partial charge in [0.05, 0.1) is 5.41 Å². The highest BCUT2D eigenvalue weighted by Gasteiger charge is 2.48. The third-order valence-electron chi connectivity index (χ3n) is 3.19. The molecule has 1 amide bonds. The summed E-state index contributed by atoms with van der Waals surface area (Å²) in [5, 5.41) is 6.10. The van der Waals surface area contributed by atoms with Gasteiger partial charge in [-0.15, -0.1) is 0 Å². The average Bonchev–Trinajstić information content (AvgIpc) is 3.08. The first-order chi connectivity index (χ1) is 8.16. The van der Waals surface area contributed by atoms with E-state index in [9.17, 15) is 4.79 Å². The zero-order chi connectivity index (χ0) is 12.3. The van der Waals surface area contributed by atoms with Gasteiger partial charge in [0, 0.05) is 17.6 Å². The van der Waals surface area contributed by atoms with Crippen LogP contribution in [0.15, 0.2) is 28.7 Å². The highest BCUT2D eigenvalue weighted by atomic mass is 79.9. The van der Waals surface area contributed by atoms with Gasteiger partial charge >= 0.3 is 0 Å². The minimum atomic E-state index is -0.138. The molecule has 1 fully saturated rings.